The summed E-state index contributed by atoms with van der Waals surface area (Å²) >= 11 is 0. The topological polar surface area (TPSA) is 50.8 Å². The summed E-state index contributed by atoms with van der Waals surface area (Å²) in [5.41, 5.74) is 4.68. The van der Waals surface area contributed by atoms with Gasteiger partial charge in [0.25, 0.3) is 5.91 Å². The van der Waals surface area contributed by atoms with Crippen LogP contribution in [0, 0.1) is 0 Å². The first-order valence-electron chi connectivity index (χ1n) is 7.15. The van der Waals surface area contributed by atoms with Crippen LogP contribution in [0.15, 0.2) is 35.9 Å². The molecule has 0 spiro atoms. The molecule has 1 heterocycles. The lowest BCUT2D eigenvalue weighted by molar-refractivity contribution is 0.0126. The smallest absolute Gasteiger partial charge is 0.265 e. The zero-order valence-corrected chi connectivity index (χ0v) is 12.6. The number of amides is 1. The molecular weight excluding hydrogens is 268 g/mol. The molecule has 1 N–H and O–H groups in total. The number of allylic oxidation sites excluding steroid dienone is 1. The molecule has 114 valence electrons. The summed E-state index contributed by atoms with van der Waals surface area (Å²) in [4.78, 5) is 12.2. The van der Waals surface area contributed by atoms with Gasteiger partial charge in [-0.1, -0.05) is 11.6 Å². The molecule has 1 amide bonds. The van der Waals surface area contributed by atoms with Crippen molar-refractivity contribution in [3.63, 3.8) is 0 Å². The Kier molecular flexibility index (Phi) is 5.78. The Balaban J connectivity index is 1.92. The van der Waals surface area contributed by atoms with Gasteiger partial charge in [-0.05, 0) is 38.1 Å². The fourth-order valence-electron chi connectivity index (χ4n) is 1.91. The molecule has 1 fully saturated rings. The Bertz CT molecular complexity index is 504. The van der Waals surface area contributed by atoms with Crippen molar-refractivity contribution in [2.45, 2.75) is 13.8 Å². The molecule has 0 unspecified atom stereocenters. The second-order valence-corrected chi connectivity index (χ2v) is 5.16. The minimum absolute atomic E-state index is 0.121. The van der Waals surface area contributed by atoms with Gasteiger partial charge in [-0.25, -0.2) is 5.01 Å². The van der Waals surface area contributed by atoms with Gasteiger partial charge in [0.2, 0.25) is 0 Å². The van der Waals surface area contributed by atoms with Crippen LogP contribution < -0.4 is 10.2 Å². The molecule has 0 bridgehead atoms. The van der Waals surface area contributed by atoms with E-state index in [1.165, 1.54) is 5.57 Å². The minimum Gasteiger partial charge on any atom is -0.490 e. The molecule has 0 aromatic heterocycles. The number of benzene rings is 1. The Labute approximate surface area is 125 Å². The maximum absolute atomic E-state index is 12.2. The SMILES string of the molecule is CC(C)=CCOc1cccc(C(=O)NN2CCOCC2)c1. The van der Waals surface area contributed by atoms with E-state index >= 15 is 0 Å². The maximum atomic E-state index is 12.2. The van der Waals surface area contributed by atoms with Crippen molar-refractivity contribution in [1.29, 1.82) is 0 Å². The van der Waals surface area contributed by atoms with Crippen LogP contribution in [0.25, 0.3) is 0 Å². The van der Waals surface area contributed by atoms with Gasteiger partial charge in [0, 0.05) is 18.7 Å². The van der Waals surface area contributed by atoms with Crippen LogP contribution >= 0.6 is 0 Å². The number of hydrogen-bond donors (Lipinski definition) is 1. The molecule has 0 radical (unpaired) electrons. The van der Waals surface area contributed by atoms with E-state index in [0.29, 0.717) is 44.2 Å². The first-order chi connectivity index (χ1) is 10.1. The third-order valence-corrected chi connectivity index (χ3v) is 3.11. The Morgan fingerprint density at radius 3 is 2.86 bits per heavy atom. The van der Waals surface area contributed by atoms with E-state index in [1.807, 2.05) is 37.1 Å². The van der Waals surface area contributed by atoms with Crippen LogP contribution in [0.4, 0.5) is 0 Å². The molecule has 1 aliphatic heterocycles. The highest BCUT2D eigenvalue weighted by molar-refractivity contribution is 5.94. The van der Waals surface area contributed by atoms with Crippen LogP contribution in [-0.4, -0.2) is 43.8 Å². The van der Waals surface area contributed by atoms with Crippen LogP contribution in [0.5, 0.6) is 5.75 Å². The predicted octanol–water partition coefficient (Wildman–Crippen LogP) is 2.01. The molecule has 0 atom stereocenters. The van der Waals surface area contributed by atoms with Crippen LogP contribution in [-0.2, 0) is 4.74 Å². The minimum atomic E-state index is -0.121. The van der Waals surface area contributed by atoms with E-state index in [0.717, 1.165) is 0 Å². The standard InChI is InChI=1S/C16H22N2O3/c1-13(2)6-9-21-15-5-3-4-14(12-15)16(19)17-18-7-10-20-11-8-18/h3-6,12H,7-11H2,1-2H3,(H,17,19). The lowest BCUT2D eigenvalue weighted by atomic mass is 10.2. The fourth-order valence-corrected chi connectivity index (χ4v) is 1.91. The number of rotatable bonds is 5. The second-order valence-electron chi connectivity index (χ2n) is 5.16. The molecule has 1 saturated heterocycles. The van der Waals surface area contributed by atoms with Crippen molar-refractivity contribution in [1.82, 2.24) is 10.4 Å². The van der Waals surface area contributed by atoms with Crippen molar-refractivity contribution in [3.8, 4) is 5.75 Å². The number of carbonyl (C=O) groups is 1. The Morgan fingerprint density at radius 1 is 1.38 bits per heavy atom. The third kappa shape index (κ3) is 5.21. The molecule has 0 aliphatic carbocycles. The summed E-state index contributed by atoms with van der Waals surface area (Å²) in [6, 6.07) is 7.22. The van der Waals surface area contributed by atoms with E-state index < -0.39 is 0 Å². The molecule has 1 aromatic carbocycles. The molecule has 21 heavy (non-hydrogen) atoms. The molecule has 1 aromatic rings. The summed E-state index contributed by atoms with van der Waals surface area (Å²) in [7, 11) is 0. The van der Waals surface area contributed by atoms with Gasteiger partial charge >= 0.3 is 0 Å². The van der Waals surface area contributed by atoms with E-state index in [1.54, 1.807) is 12.1 Å². The monoisotopic (exact) mass is 290 g/mol. The van der Waals surface area contributed by atoms with Gasteiger partial charge in [0.05, 0.1) is 13.2 Å². The van der Waals surface area contributed by atoms with Crippen molar-refractivity contribution < 1.29 is 14.3 Å². The molecule has 0 saturated carbocycles. The van der Waals surface area contributed by atoms with Gasteiger partial charge in [-0.2, -0.15) is 0 Å². The number of morpholine rings is 1. The zero-order valence-electron chi connectivity index (χ0n) is 12.6. The van der Waals surface area contributed by atoms with Crippen molar-refractivity contribution >= 4 is 5.91 Å². The zero-order chi connectivity index (χ0) is 15.1. The second kappa shape index (κ2) is 7.81. The summed E-state index contributed by atoms with van der Waals surface area (Å²) in [6.45, 7) is 7.27. The predicted molar refractivity (Wildman–Crippen MR) is 81.2 cm³/mol. The van der Waals surface area contributed by atoms with Crippen LogP contribution in [0.3, 0.4) is 0 Å². The highest BCUT2D eigenvalue weighted by Crippen LogP contribution is 2.13. The van der Waals surface area contributed by atoms with Crippen LogP contribution in [0.1, 0.15) is 24.2 Å². The number of hydrogen-bond acceptors (Lipinski definition) is 4. The van der Waals surface area contributed by atoms with Crippen molar-refractivity contribution in [2.75, 3.05) is 32.9 Å². The normalized spacial score (nSPS) is 15.3. The molecule has 2 rings (SSSR count). The lowest BCUT2D eigenvalue weighted by Gasteiger charge is -2.26. The van der Waals surface area contributed by atoms with Gasteiger partial charge in [0.1, 0.15) is 12.4 Å². The quantitative estimate of drug-likeness (QED) is 0.843. The van der Waals surface area contributed by atoms with E-state index in [2.05, 4.69) is 5.43 Å². The van der Waals surface area contributed by atoms with Gasteiger partial charge < -0.3 is 9.47 Å². The summed E-state index contributed by atoms with van der Waals surface area (Å²) in [5.74, 6) is 0.576. The van der Waals surface area contributed by atoms with Gasteiger partial charge in [-0.3, -0.25) is 10.2 Å². The molecule has 5 nitrogen and oxygen atoms in total. The number of carbonyl (C=O) groups excluding carboxylic acids is 1. The fraction of sp³-hybridized carbons (Fsp3) is 0.438. The molecule has 1 aliphatic rings. The summed E-state index contributed by atoms with van der Waals surface area (Å²) in [5, 5.41) is 1.88. The highest BCUT2D eigenvalue weighted by Gasteiger charge is 2.14. The average Bonchev–Trinajstić information content (AvgIpc) is 2.48. The van der Waals surface area contributed by atoms with Crippen molar-refractivity contribution in [2.24, 2.45) is 0 Å². The first kappa shape index (κ1) is 15.5. The number of hydrazine groups is 1. The average molecular weight is 290 g/mol. The third-order valence-electron chi connectivity index (χ3n) is 3.11. The molecular formula is C16H22N2O3. The Hall–Kier alpha value is -1.85. The largest absolute Gasteiger partial charge is 0.490 e. The van der Waals surface area contributed by atoms with E-state index in [9.17, 15) is 4.79 Å². The number of nitrogens with zero attached hydrogens (tertiary/aromatic N) is 1. The molecule has 5 heteroatoms. The summed E-state index contributed by atoms with van der Waals surface area (Å²) in [6.07, 6.45) is 2.00. The van der Waals surface area contributed by atoms with Crippen LogP contribution in [0.2, 0.25) is 0 Å². The number of nitrogens with one attached hydrogen (secondary N) is 1. The van der Waals surface area contributed by atoms with E-state index in [-0.39, 0.29) is 5.91 Å². The van der Waals surface area contributed by atoms with E-state index in [4.69, 9.17) is 9.47 Å². The van der Waals surface area contributed by atoms with Gasteiger partial charge in [-0.15, -0.1) is 0 Å². The highest BCUT2D eigenvalue weighted by atomic mass is 16.5. The number of ether oxygens (including phenoxy) is 2. The maximum Gasteiger partial charge on any atom is 0.265 e. The first-order valence-corrected chi connectivity index (χ1v) is 7.15. The Morgan fingerprint density at radius 2 is 2.14 bits per heavy atom. The van der Waals surface area contributed by atoms with Gasteiger partial charge in [0.15, 0.2) is 0 Å². The summed E-state index contributed by atoms with van der Waals surface area (Å²) < 4.78 is 10.9. The van der Waals surface area contributed by atoms with Crippen molar-refractivity contribution in [3.05, 3.63) is 41.5 Å². The lowest BCUT2D eigenvalue weighted by Crippen LogP contribution is -2.48.